The van der Waals surface area contributed by atoms with Crippen molar-refractivity contribution in [2.24, 2.45) is 5.92 Å². The zero-order valence-electron chi connectivity index (χ0n) is 11.0. The standard InChI is InChI=1S/C13H24O5/c1-17-13(16)10-5-6-12(11(15)9-10)18-8-4-2-3-7-14/h10-12,14-15H,2-9H2,1H3. The van der Waals surface area contributed by atoms with Crippen molar-refractivity contribution in [3.63, 3.8) is 0 Å². The molecule has 2 N–H and O–H groups in total. The van der Waals surface area contributed by atoms with Crippen molar-refractivity contribution in [3.05, 3.63) is 0 Å². The number of rotatable bonds is 7. The number of methoxy groups -OCH3 is 1. The van der Waals surface area contributed by atoms with Crippen LogP contribution >= 0.6 is 0 Å². The number of esters is 1. The molecule has 1 fully saturated rings. The lowest BCUT2D eigenvalue weighted by atomic mass is 9.85. The van der Waals surface area contributed by atoms with E-state index < -0.39 is 6.10 Å². The molecular formula is C13H24O5. The topological polar surface area (TPSA) is 76.0 Å². The Morgan fingerprint density at radius 1 is 1.28 bits per heavy atom. The third-order valence-electron chi connectivity index (χ3n) is 3.42. The Morgan fingerprint density at radius 2 is 2.06 bits per heavy atom. The summed E-state index contributed by atoms with van der Waals surface area (Å²) in [5.41, 5.74) is 0. The van der Waals surface area contributed by atoms with Crippen molar-refractivity contribution in [2.75, 3.05) is 20.3 Å². The first-order chi connectivity index (χ1) is 8.69. The number of carbonyl (C=O) groups excluding carboxylic acids is 1. The summed E-state index contributed by atoms with van der Waals surface area (Å²) in [5.74, 6) is -0.435. The minimum Gasteiger partial charge on any atom is -0.469 e. The molecule has 3 atom stereocenters. The normalized spacial score (nSPS) is 28.1. The molecule has 0 saturated heterocycles. The Balaban J connectivity index is 2.19. The Bertz CT molecular complexity index is 244. The zero-order chi connectivity index (χ0) is 13.4. The van der Waals surface area contributed by atoms with E-state index in [1.807, 2.05) is 0 Å². The fourth-order valence-electron chi connectivity index (χ4n) is 2.32. The lowest BCUT2D eigenvalue weighted by Gasteiger charge is -2.31. The average molecular weight is 260 g/mol. The van der Waals surface area contributed by atoms with E-state index in [1.54, 1.807) is 0 Å². The number of unbranched alkanes of at least 4 members (excludes halogenated alkanes) is 2. The molecule has 18 heavy (non-hydrogen) atoms. The number of carbonyl (C=O) groups is 1. The van der Waals surface area contributed by atoms with E-state index >= 15 is 0 Å². The maximum Gasteiger partial charge on any atom is 0.308 e. The summed E-state index contributed by atoms with van der Waals surface area (Å²) in [6, 6.07) is 0. The predicted octanol–water partition coefficient (Wildman–Crippen LogP) is 0.868. The van der Waals surface area contributed by atoms with Gasteiger partial charge in [-0.25, -0.2) is 0 Å². The van der Waals surface area contributed by atoms with E-state index in [9.17, 15) is 9.90 Å². The molecular weight excluding hydrogens is 236 g/mol. The molecule has 0 aliphatic heterocycles. The van der Waals surface area contributed by atoms with Crippen LogP contribution in [0.1, 0.15) is 38.5 Å². The first-order valence-corrected chi connectivity index (χ1v) is 6.67. The summed E-state index contributed by atoms with van der Waals surface area (Å²) in [4.78, 5) is 11.4. The molecule has 5 heteroatoms. The van der Waals surface area contributed by atoms with E-state index in [0.717, 1.165) is 19.3 Å². The van der Waals surface area contributed by atoms with Gasteiger partial charge in [0.1, 0.15) is 0 Å². The minimum absolute atomic E-state index is 0.167. The van der Waals surface area contributed by atoms with Crippen molar-refractivity contribution >= 4 is 5.97 Å². The summed E-state index contributed by atoms with van der Waals surface area (Å²) in [7, 11) is 1.37. The highest BCUT2D eigenvalue weighted by molar-refractivity contribution is 5.72. The minimum atomic E-state index is -0.583. The number of hydrogen-bond acceptors (Lipinski definition) is 5. The molecule has 5 nitrogen and oxygen atoms in total. The Labute approximate surface area is 108 Å². The van der Waals surface area contributed by atoms with Gasteiger partial charge in [0.05, 0.1) is 25.2 Å². The maximum absolute atomic E-state index is 11.4. The maximum atomic E-state index is 11.4. The van der Waals surface area contributed by atoms with E-state index in [1.165, 1.54) is 7.11 Å². The van der Waals surface area contributed by atoms with E-state index in [2.05, 4.69) is 4.74 Å². The van der Waals surface area contributed by atoms with Gasteiger partial charge in [0.2, 0.25) is 0 Å². The molecule has 1 aliphatic rings. The fourth-order valence-corrected chi connectivity index (χ4v) is 2.32. The van der Waals surface area contributed by atoms with Crippen LogP contribution in [-0.4, -0.2) is 48.7 Å². The predicted molar refractivity (Wildman–Crippen MR) is 66.0 cm³/mol. The molecule has 0 heterocycles. The summed E-state index contributed by atoms with van der Waals surface area (Å²) in [5, 5.41) is 18.5. The number of aliphatic hydroxyl groups is 2. The smallest absolute Gasteiger partial charge is 0.308 e. The van der Waals surface area contributed by atoms with Gasteiger partial charge in [0.15, 0.2) is 0 Å². The van der Waals surface area contributed by atoms with E-state index in [0.29, 0.717) is 25.9 Å². The monoisotopic (exact) mass is 260 g/mol. The second kappa shape index (κ2) is 8.45. The quantitative estimate of drug-likeness (QED) is 0.524. The van der Waals surface area contributed by atoms with Crippen LogP contribution < -0.4 is 0 Å². The van der Waals surface area contributed by atoms with Crippen LogP contribution in [0, 0.1) is 5.92 Å². The van der Waals surface area contributed by atoms with Crippen molar-refractivity contribution < 1.29 is 24.5 Å². The van der Waals surface area contributed by atoms with Crippen molar-refractivity contribution in [1.29, 1.82) is 0 Å². The van der Waals surface area contributed by atoms with Crippen LogP contribution in [0.4, 0.5) is 0 Å². The van der Waals surface area contributed by atoms with E-state index in [4.69, 9.17) is 9.84 Å². The molecule has 0 bridgehead atoms. The average Bonchev–Trinajstić information content (AvgIpc) is 2.39. The molecule has 1 rings (SSSR count). The lowest BCUT2D eigenvalue weighted by molar-refractivity contribution is -0.151. The van der Waals surface area contributed by atoms with Crippen LogP contribution in [0.3, 0.4) is 0 Å². The molecule has 0 radical (unpaired) electrons. The number of ether oxygens (including phenoxy) is 2. The third-order valence-corrected chi connectivity index (χ3v) is 3.42. The van der Waals surface area contributed by atoms with Gasteiger partial charge in [-0.3, -0.25) is 4.79 Å². The van der Waals surface area contributed by atoms with Gasteiger partial charge < -0.3 is 19.7 Å². The fraction of sp³-hybridized carbons (Fsp3) is 0.923. The highest BCUT2D eigenvalue weighted by Crippen LogP contribution is 2.27. The van der Waals surface area contributed by atoms with Crippen LogP contribution in [0.2, 0.25) is 0 Å². The van der Waals surface area contributed by atoms with Gasteiger partial charge in [0.25, 0.3) is 0 Å². The van der Waals surface area contributed by atoms with Crippen LogP contribution in [0.25, 0.3) is 0 Å². The summed E-state index contributed by atoms with van der Waals surface area (Å²) in [6.07, 6.45) is 3.70. The van der Waals surface area contributed by atoms with Gasteiger partial charge in [0, 0.05) is 13.2 Å². The third kappa shape index (κ3) is 4.92. The van der Waals surface area contributed by atoms with E-state index in [-0.39, 0.29) is 24.6 Å². The highest BCUT2D eigenvalue weighted by atomic mass is 16.5. The molecule has 0 amide bonds. The van der Waals surface area contributed by atoms with Crippen molar-refractivity contribution in [3.8, 4) is 0 Å². The Hall–Kier alpha value is -0.650. The molecule has 1 saturated carbocycles. The van der Waals surface area contributed by atoms with Crippen molar-refractivity contribution in [1.82, 2.24) is 0 Å². The lowest BCUT2D eigenvalue weighted by Crippen LogP contribution is -2.38. The summed E-state index contributed by atoms with van der Waals surface area (Å²) < 4.78 is 10.3. The molecule has 106 valence electrons. The molecule has 0 aromatic carbocycles. The molecule has 0 aromatic rings. The zero-order valence-corrected chi connectivity index (χ0v) is 11.0. The van der Waals surface area contributed by atoms with Crippen LogP contribution in [-0.2, 0) is 14.3 Å². The summed E-state index contributed by atoms with van der Waals surface area (Å²) in [6.45, 7) is 0.817. The largest absolute Gasteiger partial charge is 0.469 e. The second-order valence-corrected chi connectivity index (χ2v) is 4.79. The molecule has 1 aliphatic carbocycles. The summed E-state index contributed by atoms with van der Waals surface area (Å²) >= 11 is 0. The van der Waals surface area contributed by atoms with Gasteiger partial charge in [-0.15, -0.1) is 0 Å². The van der Waals surface area contributed by atoms with Crippen molar-refractivity contribution in [2.45, 2.75) is 50.7 Å². The van der Waals surface area contributed by atoms with Gasteiger partial charge >= 0.3 is 5.97 Å². The second-order valence-electron chi connectivity index (χ2n) is 4.79. The van der Waals surface area contributed by atoms with Crippen LogP contribution in [0.5, 0.6) is 0 Å². The first-order valence-electron chi connectivity index (χ1n) is 6.67. The molecule has 3 unspecified atom stereocenters. The van der Waals surface area contributed by atoms with Gasteiger partial charge in [-0.2, -0.15) is 0 Å². The SMILES string of the molecule is COC(=O)C1CCC(OCCCCCO)C(O)C1. The van der Waals surface area contributed by atoms with Gasteiger partial charge in [-0.1, -0.05) is 0 Å². The number of aliphatic hydroxyl groups excluding tert-OH is 2. The Kier molecular flexibility index (Phi) is 7.23. The highest BCUT2D eigenvalue weighted by Gasteiger charge is 2.33. The Morgan fingerprint density at radius 3 is 2.67 bits per heavy atom. The first kappa shape index (κ1) is 15.4. The molecule has 0 aromatic heterocycles. The van der Waals surface area contributed by atoms with Crippen LogP contribution in [0.15, 0.2) is 0 Å². The molecule has 0 spiro atoms. The van der Waals surface area contributed by atoms with Gasteiger partial charge in [-0.05, 0) is 38.5 Å². The number of hydrogen-bond donors (Lipinski definition) is 2.